The summed E-state index contributed by atoms with van der Waals surface area (Å²) in [4.78, 5) is 43.1. The monoisotopic (exact) mass is 490 g/mol. The molecule has 0 saturated carbocycles. The van der Waals surface area contributed by atoms with Gasteiger partial charge in [-0.15, -0.1) is 0 Å². The summed E-state index contributed by atoms with van der Waals surface area (Å²) in [6.07, 6.45) is 2.39. The minimum Gasteiger partial charge on any atom is -0.507 e. The predicted molar refractivity (Wildman–Crippen MR) is 129 cm³/mol. The molecule has 0 aliphatic carbocycles. The van der Waals surface area contributed by atoms with E-state index < -0.39 is 12.0 Å². The van der Waals surface area contributed by atoms with E-state index in [4.69, 9.17) is 14.2 Å². The number of aromatic hydroxyl groups is 1. The molecule has 4 rings (SSSR count). The normalized spacial score (nSPS) is 15.2. The fourth-order valence-corrected chi connectivity index (χ4v) is 3.91. The second-order valence-electron chi connectivity index (χ2n) is 8.09. The highest BCUT2D eigenvalue weighted by molar-refractivity contribution is 5.95. The van der Waals surface area contributed by atoms with Gasteiger partial charge in [0.05, 0.1) is 48.2 Å². The molecule has 0 bridgehead atoms. The quantitative estimate of drug-likeness (QED) is 0.360. The maximum atomic E-state index is 13.5. The molecule has 9 nitrogen and oxygen atoms in total. The van der Waals surface area contributed by atoms with Crippen molar-refractivity contribution in [1.29, 1.82) is 0 Å². The second-order valence-corrected chi connectivity index (χ2v) is 8.09. The number of hydrogen-bond donors (Lipinski definition) is 1. The largest absolute Gasteiger partial charge is 0.507 e. The smallest absolute Gasteiger partial charge is 0.338 e. The first kappa shape index (κ1) is 24.9. The van der Waals surface area contributed by atoms with Gasteiger partial charge in [0, 0.05) is 19.2 Å². The molecule has 0 unspecified atom stereocenters. The minimum absolute atomic E-state index is 0.0479. The van der Waals surface area contributed by atoms with Gasteiger partial charge in [0.2, 0.25) is 0 Å². The molecular weight excluding hydrogens is 464 g/mol. The van der Waals surface area contributed by atoms with Crippen LogP contribution in [-0.2, 0) is 15.9 Å². The number of aromatic nitrogens is 1. The number of rotatable bonds is 9. The third kappa shape index (κ3) is 5.87. The van der Waals surface area contributed by atoms with Crippen LogP contribution < -0.4 is 4.74 Å². The lowest BCUT2D eigenvalue weighted by molar-refractivity contribution is -0.0152. The van der Waals surface area contributed by atoms with Crippen LogP contribution in [-0.4, -0.2) is 72.2 Å². The first-order valence-electron chi connectivity index (χ1n) is 11.5. The number of amides is 1. The molecule has 1 aliphatic rings. The number of pyridine rings is 1. The number of benzene rings is 2. The van der Waals surface area contributed by atoms with Gasteiger partial charge < -0.3 is 24.2 Å². The van der Waals surface area contributed by atoms with Gasteiger partial charge in [-0.05, 0) is 36.4 Å². The molecule has 0 spiro atoms. The molecule has 1 aromatic heterocycles. The van der Waals surface area contributed by atoms with Gasteiger partial charge in [0.25, 0.3) is 5.91 Å². The van der Waals surface area contributed by atoms with Crippen molar-refractivity contribution in [3.63, 3.8) is 0 Å². The van der Waals surface area contributed by atoms with Crippen LogP contribution >= 0.6 is 0 Å². The zero-order chi connectivity index (χ0) is 25.3. The second kappa shape index (κ2) is 11.9. The summed E-state index contributed by atoms with van der Waals surface area (Å²) in [5.74, 6) is -0.629. The first-order valence-corrected chi connectivity index (χ1v) is 11.5. The average Bonchev–Trinajstić information content (AvgIpc) is 2.92. The Labute approximate surface area is 208 Å². The molecule has 36 heavy (non-hydrogen) atoms. The van der Waals surface area contributed by atoms with E-state index in [0.29, 0.717) is 36.3 Å². The number of carbonyl (C=O) groups excluding carboxylic acids is 3. The maximum absolute atomic E-state index is 13.5. The van der Waals surface area contributed by atoms with Crippen LogP contribution in [0.15, 0.2) is 66.9 Å². The van der Waals surface area contributed by atoms with Crippen molar-refractivity contribution in [3.05, 3.63) is 89.2 Å². The molecule has 186 valence electrons. The third-order valence-electron chi connectivity index (χ3n) is 5.78. The van der Waals surface area contributed by atoms with Crippen LogP contribution in [0.3, 0.4) is 0 Å². The summed E-state index contributed by atoms with van der Waals surface area (Å²) in [6, 6.07) is 16.2. The van der Waals surface area contributed by atoms with E-state index in [9.17, 15) is 19.5 Å². The van der Waals surface area contributed by atoms with E-state index in [1.165, 1.54) is 6.07 Å². The lowest BCUT2D eigenvalue weighted by Crippen LogP contribution is -2.51. The Morgan fingerprint density at radius 1 is 1.11 bits per heavy atom. The molecule has 1 saturated heterocycles. The van der Waals surface area contributed by atoms with Crippen molar-refractivity contribution in [2.45, 2.75) is 12.5 Å². The number of esters is 1. The molecule has 3 aromatic rings. The highest BCUT2D eigenvalue weighted by Crippen LogP contribution is 2.26. The topological polar surface area (TPSA) is 115 Å². The Hall–Kier alpha value is -4.24. The Kier molecular flexibility index (Phi) is 8.25. The van der Waals surface area contributed by atoms with E-state index in [1.807, 2.05) is 6.07 Å². The van der Waals surface area contributed by atoms with Crippen LogP contribution in [0, 0.1) is 0 Å². The number of hydrogen-bond acceptors (Lipinski definition) is 8. The van der Waals surface area contributed by atoms with Crippen LogP contribution in [0.4, 0.5) is 0 Å². The standard InChI is InChI=1S/C27H26N2O7/c30-16-22-24(31)9-4-10-25(22)36-18-20-17-34-15-13-29(20)26(32)21-8-5-12-28-23(21)11-14-35-27(33)19-6-2-1-3-7-19/h1-10,12,16,20,31H,11,13-15,17-18H2/t20-/m0/s1. The van der Waals surface area contributed by atoms with Crippen molar-refractivity contribution in [1.82, 2.24) is 9.88 Å². The van der Waals surface area contributed by atoms with E-state index in [2.05, 4.69) is 4.98 Å². The van der Waals surface area contributed by atoms with Crippen LogP contribution in [0.2, 0.25) is 0 Å². The lowest BCUT2D eigenvalue weighted by Gasteiger charge is -2.35. The number of nitrogens with zero attached hydrogens (tertiary/aromatic N) is 2. The number of phenols is 1. The van der Waals surface area contributed by atoms with E-state index in [0.717, 1.165) is 0 Å². The highest BCUT2D eigenvalue weighted by Gasteiger charge is 2.30. The average molecular weight is 491 g/mol. The summed E-state index contributed by atoms with van der Waals surface area (Å²) in [6.45, 7) is 1.13. The lowest BCUT2D eigenvalue weighted by atomic mass is 10.1. The summed E-state index contributed by atoms with van der Waals surface area (Å²) >= 11 is 0. The highest BCUT2D eigenvalue weighted by atomic mass is 16.5. The molecule has 1 N–H and O–H groups in total. The van der Waals surface area contributed by atoms with Gasteiger partial charge in [-0.2, -0.15) is 0 Å². The molecule has 2 aromatic carbocycles. The third-order valence-corrected chi connectivity index (χ3v) is 5.78. The van der Waals surface area contributed by atoms with Crippen LogP contribution in [0.25, 0.3) is 0 Å². The Morgan fingerprint density at radius 3 is 2.75 bits per heavy atom. The van der Waals surface area contributed by atoms with Gasteiger partial charge in [-0.3, -0.25) is 14.6 Å². The number of aldehydes is 1. The molecule has 1 atom stereocenters. The summed E-state index contributed by atoms with van der Waals surface area (Å²) < 4.78 is 16.7. The maximum Gasteiger partial charge on any atom is 0.338 e. The molecule has 1 aliphatic heterocycles. The molecular formula is C27H26N2O7. The van der Waals surface area contributed by atoms with E-state index in [-0.39, 0.29) is 49.2 Å². The van der Waals surface area contributed by atoms with Crippen molar-refractivity contribution >= 4 is 18.2 Å². The number of phenolic OH excluding ortho intramolecular Hbond substituents is 1. The van der Waals surface area contributed by atoms with Gasteiger partial charge in [-0.25, -0.2) is 4.79 Å². The van der Waals surface area contributed by atoms with Crippen molar-refractivity contribution in [3.8, 4) is 11.5 Å². The predicted octanol–water partition coefficient (Wildman–Crippen LogP) is 2.92. The Morgan fingerprint density at radius 2 is 1.94 bits per heavy atom. The van der Waals surface area contributed by atoms with E-state index >= 15 is 0 Å². The fourth-order valence-electron chi connectivity index (χ4n) is 3.91. The summed E-state index contributed by atoms with van der Waals surface area (Å²) in [5.41, 5.74) is 1.43. The zero-order valence-corrected chi connectivity index (χ0v) is 19.5. The Balaban J connectivity index is 1.42. The van der Waals surface area contributed by atoms with Gasteiger partial charge in [-0.1, -0.05) is 24.3 Å². The van der Waals surface area contributed by atoms with Crippen LogP contribution in [0.5, 0.6) is 11.5 Å². The Bertz CT molecular complexity index is 1220. The number of morpholine rings is 1. The summed E-state index contributed by atoms with van der Waals surface area (Å²) in [5, 5.41) is 9.88. The number of ether oxygens (including phenoxy) is 3. The van der Waals surface area contributed by atoms with Crippen molar-refractivity contribution < 1.29 is 33.7 Å². The minimum atomic E-state index is -0.438. The van der Waals surface area contributed by atoms with Crippen molar-refractivity contribution in [2.75, 3.05) is 33.0 Å². The molecule has 1 fully saturated rings. The van der Waals surface area contributed by atoms with Gasteiger partial charge in [0.15, 0.2) is 6.29 Å². The van der Waals surface area contributed by atoms with Crippen LogP contribution in [0.1, 0.15) is 36.8 Å². The van der Waals surface area contributed by atoms with Gasteiger partial charge >= 0.3 is 5.97 Å². The van der Waals surface area contributed by atoms with Gasteiger partial charge in [0.1, 0.15) is 18.1 Å². The SMILES string of the molecule is O=Cc1c(O)cccc1OC[C@@H]1COCCN1C(=O)c1cccnc1CCOC(=O)c1ccccc1. The number of carbonyl (C=O) groups is 3. The first-order chi connectivity index (χ1) is 17.6. The molecule has 2 heterocycles. The molecule has 0 radical (unpaired) electrons. The summed E-state index contributed by atoms with van der Waals surface area (Å²) in [7, 11) is 0. The van der Waals surface area contributed by atoms with E-state index in [1.54, 1.807) is 59.6 Å². The molecule has 1 amide bonds. The fraction of sp³-hybridized carbons (Fsp3) is 0.259. The molecule has 9 heteroatoms. The van der Waals surface area contributed by atoms with Crippen molar-refractivity contribution in [2.24, 2.45) is 0 Å². The zero-order valence-electron chi connectivity index (χ0n) is 19.5.